The second-order valence-corrected chi connectivity index (χ2v) is 5.64. The van der Waals surface area contributed by atoms with Gasteiger partial charge in [-0.1, -0.05) is 51.2 Å². The van der Waals surface area contributed by atoms with Crippen LogP contribution < -0.4 is 0 Å². The second-order valence-electron chi connectivity index (χ2n) is 5.64. The van der Waals surface area contributed by atoms with Crippen LogP contribution in [0.5, 0.6) is 0 Å². The van der Waals surface area contributed by atoms with Gasteiger partial charge in [-0.25, -0.2) is 0 Å². The minimum atomic E-state index is -0.733. The number of rotatable bonds is 15. The summed E-state index contributed by atoms with van der Waals surface area (Å²) in [5.41, 5.74) is 0. The molecule has 0 aromatic rings. The van der Waals surface area contributed by atoms with Crippen molar-refractivity contribution in [3.63, 3.8) is 0 Å². The standard InChI is InChI=1S/C18H32O4/c1-2-3-4-5-6-10-13-16-22-18(21)15-12-9-7-8-11-14-17(19)20/h6,10H,2-5,7-9,11-16H2,1H3,(H,19,20)/b10-6-. The fourth-order valence-corrected chi connectivity index (χ4v) is 2.14. The Kier molecular flexibility index (Phi) is 15.1. The zero-order valence-corrected chi connectivity index (χ0v) is 14.0. The van der Waals surface area contributed by atoms with E-state index in [9.17, 15) is 9.59 Å². The Bertz CT molecular complexity index is 310. The highest BCUT2D eigenvalue weighted by atomic mass is 16.5. The minimum Gasteiger partial charge on any atom is -0.481 e. The van der Waals surface area contributed by atoms with Crippen LogP contribution in [0.15, 0.2) is 12.2 Å². The molecule has 0 aliphatic carbocycles. The zero-order chi connectivity index (χ0) is 16.5. The summed E-state index contributed by atoms with van der Waals surface area (Å²) in [7, 11) is 0. The van der Waals surface area contributed by atoms with Gasteiger partial charge in [0.15, 0.2) is 0 Å². The summed E-state index contributed by atoms with van der Waals surface area (Å²) in [6.45, 7) is 2.67. The number of hydrogen-bond donors (Lipinski definition) is 1. The number of carbonyl (C=O) groups is 2. The van der Waals surface area contributed by atoms with Crippen LogP contribution in [-0.4, -0.2) is 23.7 Å². The highest BCUT2D eigenvalue weighted by Gasteiger charge is 2.02. The van der Waals surface area contributed by atoms with Gasteiger partial charge in [0, 0.05) is 12.8 Å². The van der Waals surface area contributed by atoms with Crippen LogP contribution in [0.4, 0.5) is 0 Å². The second kappa shape index (κ2) is 16.1. The fraction of sp³-hybridized carbons (Fsp3) is 0.778. The monoisotopic (exact) mass is 312 g/mol. The number of carboxylic acids is 1. The van der Waals surface area contributed by atoms with Gasteiger partial charge in [0.25, 0.3) is 0 Å². The topological polar surface area (TPSA) is 63.6 Å². The lowest BCUT2D eigenvalue weighted by molar-refractivity contribution is -0.143. The van der Waals surface area contributed by atoms with E-state index in [2.05, 4.69) is 19.1 Å². The van der Waals surface area contributed by atoms with E-state index >= 15 is 0 Å². The molecule has 0 saturated heterocycles. The first-order chi connectivity index (χ1) is 10.7. The number of carbonyl (C=O) groups excluding carboxylic acids is 1. The zero-order valence-electron chi connectivity index (χ0n) is 14.0. The van der Waals surface area contributed by atoms with Crippen molar-refractivity contribution in [3.8, 4) is 0 Å². The maximum atomic E-state index is 11.5. The van der Waals surface area contributed by atoms with E-state index in [4.69, 9.17) is 9.84 Å². The third kappa shape index (κ3) is 16.7. The summed E-state index contributed by atoms with van der Waals surface area (Å²) in [4.78, 5) is 21.8. The summed E-state index contributed by atoms with van der Waals surface area (Å²) in [5.74, 6) is -0.854. The van der Waals surface area contributed by atoms with Crippen molar-refractivity contribution in [2.24, 2.45) is 0 Å². The van der Waals surface area contributed by atoms with E-state index in [1.165, 1.54) is 19.3 Å². The molecule has 1 N–H and O–H groups in total. The smallest absolute Gasteiger partial charge is 0.305 e. The van der Waals surface area contributed by atoms with Crippen LogP contribution in [0.25, 0.3) is 0 Å². The van der Waals surface area contributed by atoms with Crippen LogP contribution in [0.2, 0.25) is 0 Å². The van der Waals surface area contributed by atoms with Crippen LogP contribution in [0.3, 0.4) is 0 Å². The number of carboxylic acid groups (broad SMARTS) is 1. The maximum Gasteiger partial charge on any atom is 0.305 e. The molecule has 0 amide bonds. The summed E-state index contributed by atoms with van der Waals surface area (Å²) < 4.78 is 5.16. The molecule has 22 heavy (non-hydrogen) atoms. The molecular weight excluding hydrogens is 280 g/mol. The van der Waals surface area contributed by atoms with Crippen molar-refractivity contribution in [1.29, 1.82) is 0 Å². The quantitative estimate of drug-likeness (QED) is 0.266. The third-order valence-electron chi connectivity index (χ3n) is 3.46. The Morgan fingerprint density at radius 1 is 0.864 bits per heavy atom. The van der Waals surface area contributed by atoms with E-state index in [1.807, 2.05) is 0 Å². The molecule has 128 valence electrons. The highest BCUT2D eigenvalue weighted by Crippen LogP contribution is 2.08. The first-order valence-electron chi connectivity index (χ1n) is 8.69. The van der Waals surface area contributed by atoms with Crippen molar-refractivity contribution in [3.05, 3.63) is 12.2 Å². The maximum absolute atomic E-state index is 11.5. The van der Waals surface area contributed by atoms with Crippen molar-refractivity contribution >= 4 is 11.9 Å². The number of esters is 1. The normalized spacial score (nSPS) is 11.0. The Hall–Kier alpha value is -1.32. The first kappa shape index (κ1) is 20.7. The number of ether oxygens (including phenoxy) is 1. The molecule has 0 aromatic carbocycles. The molecule has 0 aliphatic rings. The Morgan fingerprint density at radius 2 is 1.50 bits per heavy atom. The number of hydrogen-bond acceptors (Lipinski definition) is 3. The molecule has 0 radical (unpaired) electrons. The van der Waals surface area contributed by atoms with Crippen molar-refractivity contribution in [1.82, 2.24) is 0 Å². The van der Waals surface area contributed by atoms with Crippen molar-refractivity contribution in [2.75, 3.05) is 6.61 Å². The van der Waals surface area contributed by atoms with E-state index < -0.39 is 5.97 Å². The lowest BCUT2D eigenvalue weighted by atomic mass is 10.1. The molecule has 0 aromatic heterocycles. The average molecular weight is 312 g/mol. The van der Waals surface area contributed by atoms with Gasteiger partial charge in [-0.3, -0.25) is 9.59 Å². The SMILES string of the molecule is CCCCC/C=C\CCOC(=O)CCCCCCCC(=O)O. The number of aliphatic carboxylic acids is 1. The Balaban J connectivity index is 3.27. The van der Waals surface area contributed by atoms with Gasteiger partial charge in [0.2, 0.25) is 0 Å². The van der Waals surface area contributed by atoms with Gasteiger partial charge < -0.3 is 9.84 Å². The predicted octanol–water partition coefficient (Wildman–Crippen LogP) is 4.87. The van der Waals surface area contributed by atoms with Crippen LogP contribution >= 0.6 is 0 Å². The summed E-state index contributed by atoms with van der Waals surface area (Å²) in [6.07, 6.45) is 15.1. The molecule has 0 unspecified atom stereocenters. The molecule has 4 heteroatoms. The van der Waals surface area contributed by atoms with E-state index in [0.717, 1.165) is 44.9 Å². The van der Waals surface area contributed by atoms with Gasteiger partial charge in [0.1, 0.15) is 0 Å². The predicted molar refractivity (Wildman–Crippen MR) is 88.8 cm³/mol. The summed E-state index contributed by atoms with van der Waals surface area (Å²) in [5, 5.41) is 8.50. The molecular formula is C18H32O4. The van der Waals surface area contributed by atoms with Crippen LogP contribution in [0, 0.1) is 0 Å². The lowest BCUT2D eigenvalue weighted by Crippen LogP contribution is -2.05. The molecule has 0 bridgehead atoms. The molecule has 0 spiro atoms. The molecule has 0 aliphatic heterocycles. The fourth-order valence-electron chi connectivity index (χ4n) is 2.14. The largest absolute Gasteiger partial charge is 0.481 e. The minimum absolute atomic E-state index is 0.120. The summed E-state index contributed by atoms with van der Waals surface area (Å²) >= 11 is 0. The van der Waals surface area contributed by atoms with Gasteiger partial charge in [-0.2, -0.15) is 0 Å². The van der Waals surface area contributed by atoms with Crippen LogP contribution in [-0.2, 0) is 14.3 Å². The molecule has 0 heterocycles. The Morgan fingerprint density at radius 3 is 2.18 bits per heavy atom. The molecule has 4 nitrogen and oxygen atoms in total. The molecule has 0 rings (SSSR count). The van der Waals surface area contributed by atoms with E-state index in [0.29, 0.717) is 13.0 Å². The van der Waals surface area contributed by atoms with E-state index in [1.54, 1.807) is 0 Å². The average Bonchev–Trinajstić information content (AvgIpc) is 2.48. The summed E-state index contributed by atoms with van der Waals surface area (Å²) in [6, 6.07) is 0. The van der Waals surface area contributed by atoms with Gasteiger partial charge in [0.05, 0.1) is 6.61 Å². The van der Waals surface area contributed by atoms with E-state index in [-0.39, 0.29) is 12.4 Å². The van der Waals surface area contributed by atoms with Crippen molar-refractivity contribution < 1.29 is 19.4 Å². The van der Waals surface area contributed by atoms with Gasteiger partial charge >= 0.3 is 11.9 Å². The molecule has 0 atom stereocenters. The molecule has 0 saturated carbocycles. The van der Waals surface area contributed by atoms with Gasteiger partial charge in [-0.15, -0.1) is 0 Å². The first-order valence-corrected chi connectivity index (χ1v) is 8.69. The Labute approximate surface area is 134 Å². The highest BCUT2D eigenvalue weighted by molar-refractivity contribution is 5.69. The molecule has 0 fully saturated rings. The van der Waals surface area contributed by atoms with Crippen molar-refractivity contribution in [2.45, 2.75) is 84.0 Å². The number of allylic oxidation sites excluding steroid dienone is 1. The van der Waals surface area contributed by atoms with Gasteiger partial charge in [-0.05, 0) is 32.1 Å². The van der Waals surface area contributed by atoms with Crippen LogP contribution in [0.1, 0.15) is 84.0 Å². The third-order valence-corrected chi connectivity index (χ3v) is 3.46. The lowest BCUT2D eigenvalue weighted by Gasteiger charge is -2.03. The number of unbranched alkanes of at least 4 members (excludes halogenated alkanes) is 7.